The molecule has 6 nitrogen and oxygen atoms in total. The molecule has 0 aliphatic heterocycles. The van der Waals surface area contributed by atoms with Crippen LogP contribution in [0.15, 0.2) is 0 Å². The Bertz CT molecular complexity index is 243. The van der Waals surface area contributed by atoms with Crippen LogP contribution in [0.2, 0.25) is 0 Å². The summed E-state index contributed by atoms with van der Waals surface area (Å²) in [6.45, 7) is 6.16. The van der Waals surface area contributed by atoms with Crippen LogP contribution in [0.25, 0.3) is 0 Å². The smallest absolute Gasteiger partial charge is 0.328 e. The van der Waals surface area contributed by atoms with Gasteiger partial charge in [-0.25, -0.2) is 4.79 Å². The molecule has 3 unspecified atom stereocenters. The van der Waals surface area contributed by atoms with Crippen molar-refractivity contribution < 1.29 is 19.8 Å². The van der Waals surface area contributed by atoms with Gasteiger partial charge in [-0.05, 0) is 13.5 Å². The van der Waals surface area contributed by atoms with Crippen LogP contribution in [0.1, 0.15) is 20.8 Å². The van der Waals surface area contributed by atoms with Gasteiger partial charge in [0.1, 0.15) is 0 Å². The molecule has 0 heterocycles. The van der Waals surface area contributed by atoms with E-state index in [0.717, 1.165) is 6.54 Å². The van der Waals surface area contributed by atoms with Crippen LogP contribution >= 0.6 is 0 Å². The molecule has 0 aromatic carbocycles. The van der Waals surface area contributed by atoms with Crippen molar-refractivity contribution in [2.75, 3.05) is 13.1 Å². The summed E-state index contributed by atoms with van der Waals surface area (Å²) < 4.78 is 0. The number of carboxylic acid groups (broad SMARTS) is 1. The van der Waals surface area contributed by atoms with Crippen LogP contribution in [0, 0.1) is 5.92 Å². The van der Waals surface area contributed by atoms with Crippen LogP contribution in [0.5, 0.6) is 0 Å². The first-order valence-corrected chi connectivity index (χ1v) is 5.32. The number of nitrogens with one attached hydrogen (secondary N) is 2. The SMILES string of the molecule is CCNCC(C)C(=O)NC(C(=O)O)C(C)O. The first-order valence-electron chi connectivity index (χ1n) is 5.32. The number of rotatable bonds is 7. The third-order valence-corrected chi connectivity index (χ3v) is 2.19. The molecule has 0 saturated carbocycles. The molecular formula is C10H20N2O4. The van der Waals surface area contributed by atoms with E-state index in [9.17, 15) is 14.7 Å². The number of hydrogen-bond donors (Lipinski definition) is 4. The second-order valence-electron chi connectivity index (χ2n) is 3.77. The maximum atomic E-state index is 11.5. The molecule has 94 valence electrons. The monoisotopic (exact) mass is 232 g/mol. The standard InChI is InChI=1S/C10H20N2O4/c1-4-11-5-6(2)9(14)12-8(7(3)13)10(15)16/h6-8,11,13H,4-5H2,1-3H3,(H,12,14)(H,15,16). The van der Waals surface area contributed by atoms with E-state index in [4.69, 9.17) is 5.11 Å². The number of carbonyl (C=O) groups excluding carboxylic acids is 1. The molecule has 1 amide bonds. The van der Waals surface area contributed by atoms with Gasteiger partial charge in [0.15, 0.2) is 6.04 Å². The molecule has 0 aromatic rings. The van der Waals surface area contributed by atoms with Crippen LogP contribution in [-0.4, -0.2) is 47.3 Å². The molecule has 0 aliphatic carbocycles. The summed E-state index contributed by atoms with van der Waals surface area (Å²) in [5.74, 6) is -1.95. The van der Waals surface area contributed by atoms with E-state index in [1.807, 2.05) is 6.92 Å². The molecule has 0 spiro atoms. The lowest BCUT2D eigenvalue weighted by molar-refractivity contribution is -0.145. The van der Waals surface area contributed by atoms with E-state index in [-0.39, 0.29) is 11.8 Å². The van der Waals surface area contributed by atoms with Gasteiger partial charge >= 0.3 is 5.97 Å². The summed E-state index contributed by atoms with van der Waals surface area (Å²) >= 11 is 0. The minimum Gasteiger partial charge on any atom is -0.480 e. The number of amides is 1. The zero-order valence-electron chi connectivity index (χ0n) is 9.86. The highest BCUT2D eigenvalue weighted by molar-refractivity contribution is 5.85. The normalized spacial score (nSPS) is 16.2. The van der Waals surface area contributed by atoms with Gasteiger partial charge in [-0.2, -0.15) is 0 Å². The molecule has 0 radical (unpaired) electrons. The number of aliphatic carboxylic acids is 1. The molecule has 6 heteroatoms. The number of aliphatic hydroxyl groups excluding tert-OH is 1. The van der Waals surface area contributed by atoms with Crippen LogP contribution in [0.4, 0.5) is 0 Å². The molecule has 0 aliphatic rings. The van der Waals surface area contributed by atoms with Gasteiger partial charge in [-0.3, -0.25) is 4.79 Å². The second kappa shape index (κ2) is 7.19. The topological polar surface area (TPSA) is 98.7 Å². The second-order valence-corrected chi connectivity index (χ2v) is 3.77. The summed E-state index contributed by atoms with van der Waals surface area (Å²) in [4.78, 5) is 22.3. The average molecular weight is 232 g/mol. The highest BCUT2D eigenvalue weighted by Gasteiger charge is 2.26. The summed E-state index contributed by atoms with van der Waals surface area (Å²) in [6, 6.07) is -1.25. The van der Waals surface area contributed by atoms with Gasteiger partial charge in [0.25, 0.3) is 0 Å². The average Bonchev–Trinajstić information content (AvgIpc) is 2.20. The zero-order valence-corrected chi connectivity index (χ0v) is 9.86. The Morgan fingerprint density at radius 3 is 2.25 bits per heavy atom. The van der Waals surface area contributed by atoms with Gasteiger partial charge in [-0.15, -0.1) is 0 Å². The molecule has 0 saturated heterocycles. The highest BCUT2D eigenvalue weighted by Crippen LogP contribution is 1.98. The van der Waals surface area contributed by atoms with Crippen molar-refractivity contribution in [1.82, 2.24) is 10.6 Å². The fraction of sp³-hybridized carbons (Fsp3) is 0.800. The molecule has 0 rings (SSSR count). The van der Waals surface area contributed by atoms with Gasteiger partial charge in [0.05, 0.1) is 6.10 Å². The number of carboxylic acids is 1. The highest BCUT2D eigenvalue weighted by atomic mass is 16.4. The Balaban J connectivity index is 4.24. The van der Waals surface area contributed by atoms with E-state index in [0.29, 0.717) is 6.54 Å². The van der Waals surface area contributed by atoms with Gasteiger partial charge in [0, 0.05) is 12.5 Å². The lowest BCUT2D eigenvalue weighted by atomic mass is 10.1. The summed E-state index contributed by atoms with van der Waals surface area (Å²) in [7, 11) is 0. The quantitative estimate of drug-likeness (QED) is 0.460. The maximum absolute atomic E-state index is 11.5. The molecule has 0 bridgehead atoms. The Labute approximate surface area is 95.0 Å². The molecule has 0 aromatic heterocycles. The number of carbonyl (C=O) groups is 2. The fourth-order valence-corrected chi connectivity index (χ4v) is 1.14. The van der Waals surface area contributed by atoms with Crippen molar-refractivity contribution in [2.24, 2.45) is 5.92 Å². The van der Waals surface area contributed by atoms with Gasteiger partial charge < -0.3 is 20.8 Å². The van der Waals surface area contributed by atoms with Crippen molar-refractivity contribution in [3.8, 4) is 0 Å². The molecule has 3 atom stereocenters. The zero-order chi connectivity index (χ0) is 12.7. The minimum atomic E-state index is -1.25. The summed E-state index contributed by atoms with van der Waals surface area (Å²) in [5, 5.41) is 23.2. The van der Waals surface area contributed by atoms with Gasteiger partial charge in [0.2, 0.25) is 5.91 Å². The summed E-state index contributed by atoms with van der Waals surface area (Å²) in [5.41, 5.74) is 0. The van der Waals surface area contributed by atoms with Crippen molar-refractivity contribution >= 4 is 11.9 Å². The fourth-order valence-electron chi connectivity index (χ4n) is 1.14. The number of hydrogen-bond acceptors (Lipinski definition) is 4. The molecule has 16 heavy (non-hydrogen) atoms. The van der Waals surface area contributed by atoms with Crippen molar-refractivity contribution in [3.63, 3.8) is 0 Å². The largest absolute Gasteiger partial charge is 0.480 e. The maximum Gasteiger partial charge on any atom is 0.328 e. The predicted octanol–water partition coefficient (Wildman–Crippen LogP) is -0.818. The Morgan fingerprint density at radius 2 is 1.88 bits per heavy atom. The van der Waals surface area contributed by atoms with E-state index < -0.39 is 18.1 Å². The van der Waals surface area contributed by atoms with E-state index in [1.165, 1.54) is 6.92 Å². The number of aliphatic hydroxyl groups is 1. The van der Waals surface area contributed by atoms with Crippen molar-refractivity contribution in [1.29, 1.82) is 0 Å². The van der Waals surface area contributed by atoms with Crippen molar-refractivity contribution in [2.45, 2.75) is 32.9 Å². The van der Waals surface area contributed by atoms with Gasteiger partial charge in [-0.1, -0.05) is 13.8 Å². The van der Waals surface area contributed by atoms with Crippen LogP contribution < -0.4 is 10.6 Å². The molecule has 0 fully saturated rings. The Kier molecular flexibility index (Phi) is 6.67. The third kappa shape index (κ3) is 5.09. The minimum absolute atomic E-state index is 0.333. The lowest BCUT2D eigenvalue weighted by Gasteiger charge is -2.19. The van der Waals surface area contributed by atoms with E-state index in [2.05, 4.69) is 10.6 Å². The van der Waals surface area contributed by atoms with Crippen LogP contribution in [-0.2, 0) is 9.59 Å². The molecular weight excluding hydrogens is 212 g/mol. The third-order valence-electron chi connectivity index (χ3n) is 2.19. The summed E-state index contributed by atoms with van der Waals surface area (Å²) in [6.07, 6.45) is -1.12. The Hall–Kier alpha value is -1.14. The lowest BCUT2D eigenvalue weighted by Crippen LogP contribution is -2.50. The molecule has 4 N–H and O–H groups in total. The predicted molar refractivity (Wildman–Crippen MR) is 59.0 cm³/mol. The first-order chi connectivity index (χ1) is 7.40. The van der Waals surface area contributed by atoms with Crippen LogP contribution in [0.3, 0.4) is 0 Å². The van der Waals surface area contributed by atoms with E-state index >= 15 is 0 Å². The van der Waals surface area contributed by atoms with Crippen molar-refractivity contribution in [3.05, 3.63) is 0 Å². The van der Waals surface area contributed by atoms with E-state index in [1.54, 1.807) is 6.92 Å². The Morgan fingerprint density at radius 1 is 1.31 bits per heavy atom. The first kappa shape index (κ1) is 14.9.